The maximum atomic E-state index is 13.4. The molecule has 3 aromatic carbocycles. The van der Waals surface area contributed by atoms with Crippen molar-refractivity contribution in [2.45, 2.75) is 36.4 Å². The second kappa shape index (κ2) is 12.6. The van der Waals surface area contributed by atoms with Crippen molar-refractivity contribution >= 4 is 29.3 Å². The summed E-state index contributed by atoms with van der Waals surface area (Å²) in [4.78, 5) is 13.4. The number of ether oxygens (including phenoxy) is 4. The van der Waals surface area contributed by atoms with Crippen LogP contribution in [0.3, 0.4) is 0 Å². The van der Waals surface area contributed by atoms with Crippen LogP contribution in [0, 0.1) is 11.8 Å². The molecule has 3 aromatic rings. The number of carbonyl (C=O) groups is 1. The first-order valence-corrected chi connectivity index (χ1v) is 15.4. The predicted octanol–water partition coefficient (Wildman–Crippen LogP) is 7.15. The number of carbonyl (C=O) groups excluding carboxylic acids is 1. The van der Waals surface area contributed by atoms with E-state index in [4.69, 9.17) is 18.9 Å². The summed E-state index contributed by atoms with van der Waals surface area (Å²) >= 11 is 3.99. The Morgan fingerprint density at radius 1 is 0.795 bits per heavy atom. The number of hydrogen-bond donors (Lipinski definition) is 0. The Bertz CT molecular complexity index is 1270. The molecule has 0 bridgehead atoms. The highest BCUT2D eigenvalue weighted by Crippen LogP contribution is 2.61. The topological polar surface area (TPSA) is 54.0 Å². The average molecular weight is 565 g/mol. The van der Waals surface area contributed by atoms with Crippen LogP contribution in [0.4, 0.5) is 0 Å². The van der Waals surface area contributed by atoms with Gasteiger partial charge in [0.15, 0.2) is 23.0 Å². The van der Waals surface area contributed by atoms with Gasteiger partial charge in [0.05, 0.1) is 25.4 Å². The fourth-order valence-corrected chi connectivity index (χ4v) is 9.54. The van der Waals surface area contributed by atoms with E-state index in [1.54, 1.807) is 21.3 Å². The zero-order valence-corrected chi connectivity index (χ0v) is 24.4. The van der Waals surface area contributed by atoms with E-state index in [0.29, 0.717) is 36.7 Å². The maximum absolute atomic E-state index is 13.4. The van der Waals surface area contributed by atoms with E-state index in [0.717, 1.165) is 40.6 Å². The van der Waals surface area contributed by atoms with Crippen molar-refractivity contribution in [2.24, 2.45) is 11.8 Å². The van der Waals surface area contributed by atoms with Gasteiger partial charge < -0.3 is 18.9 Å². The van der Waals surface area contributed by atoms with Crippen molar-refractivity contribution in [3.8, 4) is 23.0 Å². The number of ketones is 1. The molecule has 0 radical (unpaired) electrons. The second-order valence-corrected chi connectivity index (χ2v) is 12.9. The fraction of sp³-hybridized carbons (Fsp3) is 0.406. The Balaban J connectivity index is 1.41. The number of thioether (sulfide) groups is 2. The molecule has 39 heavy (non-hydrogen) atoms. The predicted molar refractivity (Wildman–Crippen MR) is 159 cm³/mol. The lowest BCUT2D eigenvalue weighted by Crippen LogP contribution is -2.36. The van der Waals surface area contributed by atoms with Crippen molar-refractivity contribution in [1.29, 1.82) is 0 Å². The maximum Gasteiger partial charge on any atom is 0.161 e. The first-order chi connectivity index (χ1) is 19.1. The molecule has 7 heteroatoms. The van der Waals surface area contributed by atoms with Crippen LogP contribution in [0.25, 0.3) is 0 Å². The number of Topliss-reactive ketones (excluding diaryl/α,β-unsaturated/α-hetero) is 1. The minimum Gasteiger partial charge on any atom is -0.493 e. The Labute approximate surface area is 240 Å². The van der Waals surface area contributed by atoms with Gasteiger partial charge in [0.25, 0.3) is 0 Å². The SMILES string of the molecule is COc1ccc(C2(C3CCC(=O)C3Cc3ccc(OCc4ccccc4)c(OC)c3)SCCCS2)cc1OC. The van der Waals surface area contributed by atoms with Crippen molar-refractivity contribution in [2.75, 3.05) is 32.8 Å². The van der Waals surface area contributed by atoms with E-state index in [9.17, 15) is 4.79 Å². The molecule has 0 aromatic heterocycles. The third-order valence-electron chi connectivity index (χ3n) is 7.72. The summed E-state index contributed by atoms with van der Waals surface area (Å²) in [5, 5.41) is 0. The molecule has 206 valence electrons. The normalized spacial score (nSPS) is 20.4. The number of benzene rings is 3. The van der Waals surface area contributed by atoms with Gasteiger partial charge in [-0.15, -0.1) is 23.5 Å². The zero-order chi connectivity index (χ0) is 27.2. The zero-order valence-electron chi connectivity index (χ0n) is 22.8. The standard InChI is InChI=1S/C32H36O5S2/c1-34-28-15-11-24(20-31(28)36-3)32(38-16-7-17-39-32)26-12-13-27(33)25(26)18-23-10-14-29(30(19-23)35-2)37-21-22-8-5-4-6-9-22/h4-6,8-11,14-15,19-20,25-26H,7,12-13,16-18,21H2,1-3H3. The van der Waals surface area contributed by atoms with Crippen LogP contribution in [-0.4, -0.2) is 38.6 Å². The molecule has 1 aliphatic heterocycles. The molecule has 2 fully saturated rings. The van der Waals surface area contributed by atoms with Crippen LogP contribution in [0.2, 0.25) is 0 Å². The highest BCUT2D eigenvalue weighted by Gasteiger charge is 2.51. The van der Waals surface area contributed by atoms with Gasteiger partial charge in [-0.1, -0.05) is 42.5 Å². The van der Waals surface area contributed by atoms with Crippen LogP contribution >= 0.6 is 23.5 Å². The summed E-state index contributed by atoms with van der Waals surface area (Å²) in [6.45, 7) is 0.474. The lowest BCUT2D eigenvalue weighted by atomic mass is 9.84. The quantitative estimate of drug-likeness (QED) is 0.259. The first kappa shape index (κ1) is 27.8. The minimum atomic E-state index is -0.197. The molecule has 1 saturated heterocycles. The number of methoxy groups -OCH3 is 3. The van der Waals surface area contributed by atoms with E-state index in [1.807, 2.05) is 72.1 Å². The summed E-state index contributed by atoms with van der Waals surface area (Å²) in [7, 11) is 5.01. The molecule has 5 rings (SSSR count). The fourth-order valence-electron chi connectivity index (χ4n) is 5.76. The average Bonchev–Trinajstić information content (AvgIpc) is 3.36. The van der Waals surface area contributed by atoms with Crippen LogP contribution in [0.15, 0.2) is 66.7 Å². The molecular formula is C32H36O5S2. The number of hydrogen-bond acceptors (Lipinski definition) is 7. The molecule has 1 heterocycles. The second-order valence-electron chi connectivity index (χ2n) is 9.97. The monoisotopic (exact) mass is 564 g/mol. The third kappa shape index (κ3) is 5.90. The molecule has 2 unspecified atom stereocenters. The van der Waals surface area contributed by atoms with Crippen LogP contribution in [0.1, 0.15) is 36.0 Å². The first-order valence-electron chi connectivity index (χ1n) is 13.4. The van der Waals surface area contributed by atoms with Gasteiger partial charge in [0.2, 0.25) is 0 Å². The van der Waals surface area contributed by atoms with Crippen LogP contribution in [0.5, 0.6) is 23.0 Å². The molecule has 2 atom stereocenters. The van der Waals surface area contributed by atoms with Gasteiger partial charge in [0, 0.05) is 12.3 Å². The smallest absolute Gasteiger partial charge is 0.161 e. The van der Waals surface area contributed by atoms with Gasteiger partial charge >= 0.3 is 0 Å². The summed E-state index contributed by atoms with van der Waals surface area (Å²) in [5.41, 5.74) is 3.41. The van der Waals surface area contributed by atoms with Gasteiger partial charge in [-0.2, -0.15) is 0 Å². The Morgan fingerprint density at radius 2 is 1.49 bits per heavy atom. The summed E-state index contributed by atoms with van der Waals surface area (Å²) < 4.78 is 22.8. The van der Waals surface area contributed by atoms with Crippen LogP contribution < -0.4 is 18.9 Å². The van der Waals surface area contributed by atoms with E-state index < -0.39 is 0 Å². The van der Waals surface area contributed by atoms with Crippen molar-refractivity contribution in [3.63, 3.8) is 0 Å². The molecular weight excluding hydrogens is 528 g/mol. The summed E-state index contributed by atoms with van der Waals surface area (Å²) in [6.07, 6.45) is 3.39. The molecule has 0 N–H and O–H groups in total. The minimum absolute atomic E-state index is 0.0583. The molecule has 5 nitrogen and oxygen atoms in total. The molecule has 0 spiro atoms. The van der Waals surface area contributed by atoms with Crippen molar-refractivity contribution < 1.29 is 23.7 Å². The Morgan fingerprint density at radius 3 is 2.21 bits per heavy atom. The van der Waals surface area contributed by atoms with Gasteiger partial charge in [-0.25, -0.2) is 0 Å². The van der Waals surface area contributed by atoms with E-state index >= 15 is 0 Å². The van der Waals surface area contributed by atoms with Crippen molar-refractivity contribution in [3.05, 3.63) is 83.4 Å². The van der Waals surface area contributed by atoms with E-state index in [2.05, 4.69) is 18.2 Å². The number of rotatable bonds is 10. The van der Waals surface area contributed by atoms with Gasteiger partial charge in [0.1, 0.15) is 12.4 Å². The molecule has 1 aliphatic carbocycles. The highest BCUT2D eigenvalue weighted by atomic mass is 32.2. The third-order valence-corrected chi connectivity index (χ3v) is 11.3. The van der Waals surface area contributed by atoms with Crippen LogP contribution in [-0.2, 0) is 21.9 Å². The summed E-state index contributed by atoms with van der Waals surface area (Å²) in [5.74, 6) is 5.55. The molecule has 2 aliphatic rings. The Kier molecular flexibility index (Phi) is 8.98. The molecule has 1 saturated carbocycles. The highest BCUT2D eigenvalue weighted by molar-refractivity contribution is 8.18. The lowest BCUT2D eigenvalue weighted by molar-refractivity contribution is -0.121. The Hall–Kier alpha value is -2.77. The summed E-state index contributed by atoms with van der Waals surface area (Å²) in [6, 6.07) is 22.5. The van der Waals surface area contributed by atoms with E-state index in [1.165, 1.54) is 12.0 Å². The van der Waals surface area contributed by atoms with Gasteiger partial charge in [-0.05, 0) is 77.6 Å². The lowest BCUT2D eigenvalue weighted by Gasteiger charge is -2.43. The largest absolute Gasteiger partial charge is 0.493 e. The van der Waals surface area contributed by atoms with Crippen molar-refractivity contribution in [1.82, 2.24) is 0 Å². The molecule has 0 amide bonds. The van der Waals surface area contributed by atoms with Gasteiger partial charge in [-0.3, -0.25) is 4.79 Å². The van der Waals surface area contributed by atoms with E-state index in [-0.39, 0.29) is 15.9 Å².